The molecule has 20 heavy (non-hydrogen) atoms. The fraction of sp³-hybridized carbons (Fsp3) is 0.133. The second kappa shape index (κ2) is 3.96. The summed E-state index contributed by atoms with van der Waals surface area (Å²) in [5.74, 6) is 0.726. The highest BCUT2D eigenvalue weighted by atomic mass is 19.1. The zero-order chi connectivity index (χ0) is 13.7. The SMILES string of the molecule is Cn1ncc2c1-c1cc(-c3cccc(F)c3)[nH]c1NC2. The molecule has 0 saturated carbocycles. The van der Waals surface area contributed by atoms with E-state index in [2.05, 4.69) is 15.4 Å². The van der Waals surface area contributed by atoms with Gasteiger partial charge in [-0.2, -0.15) is 5.10 Å². The molecule has 0 saturated heterocycles. The molecule has 4 rings (SSSR count). The molecular formula is C15H13FN4. The lowest BCUT2D eigenvalue weighted by molar-refractivity contribution is 0.628. The molecule has 5 heteroatoms. The molecule has 3 aromatic rings. The van der Waals surface area contributed by atoms with Gasteiger partial charge in [0.15, 0.2) is 0 Å². The van der Waals surface area contributed by atoms with Crippen LogP contribution < -0.4 is 5.32 Å². The van der Waals surface area contributed by atoms with Gasteiger partial charge in [0.1, 0.15) is 11.6 Å². The first-order valence-corrected chi connectivity index (χ1v) is 6.46. The van der Waals surface area contributed by atoms with Crippen LogP contribution in [0.4, 0.5) is 10.2 Å². The lowest BCUT2D eigenvalue weighted by atomic mass is 10.1. The maximum Gasteiger partial charge on any atom is 0.123 e. The van der Waals surface area contributed by atoms with E-state index in [1.807, 2.05) is 30.1 Å². The van der Waals surface area contributed by atoms with Crippen molar-refractivity contribution in [3.8, 4) is 22.5 Å². The summed E-state index contributed by atoms with van der Waals surface area (Å²) in [5, 5.41) is 7.63. The molecule has 0 unspecified atom stereocenters. The first-order chi connectivity index (χ1) is 9.72. The van der Waals surface area contributed by atoms with E-state index >= 15 is 0 Å². The van der Waals surface area contributed by atoms with Gasteiger partial charge in [-0.1, -0.05) is 12.1 Å². The number of benzene rings is 1. The molecule has 1 aromatic carbocycles. The number of aromatic nitrogens is 3. The van der Waals surface area contributed by atoms with E-state index in [1.165, 1.54) is 17.7 Å². The number of rotatable bonds is 1. The average Bonchev–Trinajstić information content (AvgIpc) is 3.02. The first-order valence-electron chi connectivity index (χ1n) is 6.46. The number of aromatic amines is 1. The standard InChI is InChI=1S/C15H13FN4/c1-20-14-10(8-18-20)7-17-15-12(14)6-13(19-15)9-3-2-4-11(16)5-9/h2-6,8,17,19H,7H2,1H3. The van der Waals surface area contributed by atoms with Gasteiger partial charge >= 0.3 is 0 Å². The predicted molar refractivity (Wildman–Crippen MR) is 75.7 cm³/mol. The Hall–Kier alpha value is -2.56. The molecule has 4 nitrogen and oxygen atoms in total. The van der Waals surface area contributed by atoms with Gasteiger partial charge in [-0.15, -0.1) is 0 Å². The molecule has 100 valence electrons. The fourth-order valence-corrected chi connectivity index (χ4v) is 2.74. The lowest BCUT2D eigenvalue weighted by Gasteiger charge is -2.14. The van der Waals surface area contributed by atoms with E-state index in [0.29, 0.717) is 0 Å². The number of anilines is 1. The van der Waals surface area contributed by atoms with Crippen LogP contribution in [-0.2, 0) is 13.6 Å². The number of aryl methyl sites for hydroxylation is 1. The zero-order valence-electron chi connectivity index (χ0n) is 10.9. The van der Waals surface area contributed by atoms with Crippen molar-refractivity contribution < 1.29 is 4.39 Å². The zero-order valence-corrected chi connectivity index (χ0v) is 10.9. The quantitative estimate of drug-likeness (QED) is 0.712. The highest BCUT2D eigenvalue weighted by molar-refractivity contribution is 5.83. The van der Waals surface area contributed by atoms with Crippen molar-refractivity contribution >= 4 is 5.82 Å². The summed E-state index contributed by atoms with van der Waals surface area (Å²) in [5.41, 5.74) is 5.09. The van der Waals surface area contributed by atoms with Crippen LogP contribution in [0.2, 0.25) is 0 Å². The molecule has 1 aliphatic heterocycles. The van der Waals surface area contributed by atoms with Gasteiger partial charge in [0.25, 0.3) is 0 Å². The largest absolute Gasteiger partial charge is 0.367 e. The van der Waals surface area contributed by atoms with Gasteiger partial charge in [0, 0.05) is 36.0 Å². The minimum absolute atomic E-state index is 0.232. The van der Waals surface area contributed by atoms with Crippen molar-refractivity contribution in [3.05, 3.63) is 47.9 Å². The molecule has 1 aliphatic rings. The van der Waals surface area contributed by atoms with E-state index in [4.69, 9.17) is 0 Å². The molecule has 3 heterocycles. The van der Waals surface area contributed by atoms with Gasteiger partial charge in [-0.05, 0) is 18.2 Å². The maximum absolute atomic E-state index is 13.3. The van der Waals surface area contributed by atoms with Crippen molar-refractivity contribution in [2.24, 2.45) is 7.05 Å². The number of halogens is 1. The number of fused-ring (bicyclic) bond motifs is 3. The molecule has 0 radical (unpaired) electrons. The van der Waals surface area contributed by atoms with E-state index in [0.717, 1.165) is 34.9 Å². The van der Waals surface area contributed by atoms with E-state index < -0.39 is 0 Å². The molecule has 2 N–H and O–H groups in total. The number of hydrogen-bond donors (Lipinski definition) is 2. The van der Waals surface area contributed by atoms with Gasteiger partial charge in [-0.3, -0.25) is 4.68 Å². The van der Waals surface area contributed by atoms with Crippen molar-refractivity contribution in [2.75, 3.05) is 5.32 Å². The molecule has 0 aliphatic carbocycles. The Balaban J connectivity index is 1.88. The highest BCUT2D eigenvalue weighted by Crippen LogP contribution is 2.38. The van der Waals surface area contributed by atoms with Crippen molar-refractivity contribution in [3.63, 3.8) is 0 Å². The van der Waals surface area contributed by atoms with E-state index in [-0.39, 0.29) is 5.82 Å². The second-order valence-electron chi connectivity index (χ2n) is 4.98. The van der Waals surface area contributed by atoms with E-state index in [9.17, 15) is 4.39 Å². The second-order valence-corrected chi connectivity index (χ2v) is 4.98. The smallest absolute Gasteiger partial charge is 0.123 e. The number of nitrogens with one attached hydrogen (secondary N) is 2. The van der Waals surface area contributed by atoms with Crippen LogP contribution in [0.15, 0.2) is 36.5 Å². The highest BCUT2D eigenvalue weighted by Gasteiger charge is 2.22. The summed E-state index contributed by atoms with van der Waals surface area (Å²) in [6.07, 6.45) is 1.88. The summed E-state index contributed by atoms with van der Waals surface area (Å²) in [6, 6.07) is 8.62. The van der Waals surface area contributed by atoms with Crippen LogP contribution in [0.5, 0.6) is 0 Å². The lowest BCUT2D eigenvalue weighted by Crippen LogP contribution is -2.08. The summed E-state index contributed by atoms with van der Waals surface area (Å²) in [6.45, 7) is 0.749. The third-order valence-corrected chi connectivity index (χ3v) is 3.68. The minimum Gasteiger partial charge on any atom is -0.367 e. The Labute approximate surface area is 115 Å². The Bertz CT molecular complexity index is 800. The molecule has 0 amide bonds. The van der Waals surface area contributed by atoms with Crippen LogP contribution in [0.3, 0.4) is 0 Å². The molecule has 0 spiro atoms. The molecule has 0 fully saturated rings. The predicted octanol–water partition coefficient (Wildman–Crippen LogP) is 3.15. The van der Waals surface area contributed by atoms with Crippen molar-refractivity contribution in [1.82, 2.24) is 14.8 Å². The van der Waals surface area contributed by atoms with Gasteiger partial charge in [0.2, 0.25) is 0 Å². The van der Waals surface area contributed by atoms with Crippen molar-refractivity contribution in [1.29, 1.82) is 0 Å². The Morgan fingerprint density at radius 3 is 3.05 bits per heavy atom. The number of H-pyrrole nitrogens is 1. The monoisotopic (exact) mass is 268 g/mol. The van der Waals surface area contributed by atoms with Crippen molar-refractivity contribution in [2.45, 2.75) is 6.54 Å². The van der Waals surface area contributed by atoms with E-state index in [1.54, 1.807) is 6.07 Å². The fourth-order valence-electron chi connectivity index (χ4n) is 2.74. The maximum atomic E-state index is 13.3. The Morgan fingerprint density at radius 2 is 2.20 bits per heavy atom. The summed E-state index contributed by atoms with van der Waals surface area (Å²) in [4.78, 5) is 3.32. The third-order valence-electron chi connectivity index (χ3n) is 3.68. The molecule has 0 atom stereocenters. The van der Waals surface area contributed by atoms with Gasteiger partial charge in [0.05, 0.1) is 11.9 Å². The normalized spacial score (nSPS) is 12.7. The van der Waals surface area contributed by atoms with Gasteiger partial charge < -0.3 is 10.3 Å². The summed E-state index contributed by atoms with van der Waals surface area (Å²) >= 11 is 0. The minimum atomic E-state index is -0.232. The molecular weight excluding hydrogens is 255 g/mol. The number of hydrogen-bond acceptors (Lipinski definition) is 2. The summed E-state index contributed by atoms with van der Waals surface area (Å²) in [7, 11) is 1.93. The average molecular weight is 268 g/mol. The van der Waals surface area contributed by atoms with Crippen LogP contribution in [0, 0.1) is 5.82 Å². The van der Waals surface area contributed by atoms with Crippen LogP contribution in [0.25, 0.3) is 22.5 Å². The third kappa shape index (κ3) is 1.56. The molecule has 0 bridgehead atoms. The van der Waals surface area contributed by atoms with Gasteiger partial charge in [-0.25, -0.2) is 4.39 Å². The number of nitrogens with zero attached hydrogens (tertiary/aromatic N) is 2. The summed E-state index contributed by atoms with van der Waals surface area (Å²) < 4.78 is 15.2. The topological polar surface area (TPSA) is 45.6 Å². The molecule has 2 aromatic heterocycles. The Kier molecular flexibility index (Phi) is 2.24. The Morgan fingerprint density at radius 1 is 1.30 bits per heavy atom. The first kappa shape index (κ1) is 11.3. The van der Waals surface area contributed by atoms with Crippen LogP contribution in [0.1, 0.15) is 5.56 Å². The van der Waals surface area contributed by atoms with Crippen LogP contribution in [-0.4, -0.2) is 14.8 Å². The van der Waals surface area contributed by atoms with Crippen LogP contribution >= 0.6 is 0 Å².